The van der Waals surface area contributed by atoms with Crippen molar-refractivity contribution in [3.05, 3.63) is 108 Å². The summed E-state index contributed by atoms with van der Waals surface area (Å²) in [4.78, 5) is 33.8. The largest absolute Gasteiger partial charge is 0.478 e. The first-order valence-electron chi connectivity index (χ1n) is 9.98. The second-order valence-electron chi connectivity index (χ2n) is 7.45. The van der Waals surface area contributed by atoms with Gasteiger partial charge in [-0.15, -0.1) is 0 Å². The topological polar surface area (TPSA) is 112 Å². The maximum atomic E-state index is 11.7. The minimum Gasteiger partial charge on any atom is -0.478 e. The number of aromatic carboxylic acids is 3. The highest BCUT2D eigenvalue weighted by atomic mass is 16.4. The van der Waals surface area contributed by atoms with Crippen LogP contribution in [0.25, 0.3) is 33.4 Å². The van der Waals surface area contributed by atoms with Crippen LogP contribution in [0.1, 0.15) is 31.1 Å². The molecular weight excluding hydrogens is 420 g/mol. The summed E-state index contributed by atoms with van der Waals surface area (Å²) in [6.07, 6.45) is 0. The van der Waals surface area contributed by atoms with Crippen LogP contribution in [0, 0.1) is 0 Å². The summed E-state index contributed by atoms with van der Waals surface area (Å²) in [5.41, 5.74) is 5.14. The lowest BCUT2D eigenvalue weighted by Crippen LogP contribution is -1.98. The predicted molar refractivity (Wildman–Crippen MR) is 124 cm³/mol. The van der Waals surface area contributed by atoms with Gasteiger partial charge in [-0.25, -0.2) is 14.4 Å². The third-order valence-corrected chi connectivity index (χ3v) is 5.33. The van der Waals surface area contributed by atoms with Gasteiger partial charge < -0.3 is 15.3 Å². The van der Waals surface area contributed by atoms with Crippen molar-refractivity contribution < 1.29 is 29.7 Å². The molecule has 162 valence electrons. The van der Waals surface area contributed by atoms with Gasteiger partial charge in [-0.05, 0) is 75.8 Å². The fourth-order valence-electron chi connectivity index (χ4n) is 3.55. The molecule has 4 aromatic carbocycles. The number of benzene rings is 4. The zero-order valence-electron chi connectivity index (χ0n) is 17.2. The zero-order chi connectivity index (χ0) is 23.5. The van der Waals surface area contributed by atoms with E-state index in [9.17, 15) is 19.5 Å². The molecule has 4 rings (SSSR count). The SMILES string of the molecule is O=C(O)c1ccc(-c2ccc(-c3cc(C(=O)O)cc(-c4ccc(C(=O)O)cc4)c3)cc2)cc1. The van der Waals surface area contributed by atoms with Crippen LogP contribution in [0.5, 0.6) is 0 Å². The second kappa shape index (κ2) is 8.80. The summed E-state index contributed by atoms with van der Waals surface area (Å²) >= 11 is 0. The van der Waals surface area contributed by atoms with E-state index in [-0.39, 0.29) is 16.7 Å². The molecule has 3 N–H and O–H groups in total. The van der Waals surface area contributed by atoms with Gasteiger partial charge in [0.25, 0.3) is 0 Å². The molecule has 0 radical (unpaired) electrons. The molecule has 4 aromatic rings. The molecule has 0 unspecified atom stereocenters. The van der Waals surface area contributed by atoms with Crippen LogP contribution in [0.3, 0.4) is 0 Å². The molecule has 33 heavy (non-hydrogen) atoms. The van der Waals surface area contributed by atoms with Gasteiger partial charge in [-0.1, -0.05) is 48.5 Å². The van der Waals surface area contributed by atoms with Crippen molar-refractivity contribution in [2.45, 2.75) is 0 Å². The molecule has 0 saturated carbocycles. The average molecular weight is 438 g/mol. The minimum atomic E-state index is -1.06. The highest BCUT2D eigenvalue weighted by Crippen LogP contribution is 2.30. The van der Waals surface area contributed by atoms with Crippen molar-refractivity contribution in [2.24, 2.45) is 0 Å². The highest BCUT2D eigenvalue weighted by molar-refractivity contribution is 5.93. The summed E-state index contributed by atoms with van der Waals surface area (Å²) in [5.74, 6) is -3.07. The maximum absolute atomic E-state index is 11.7. The van der Waals surface area contributed by atoms with Gasteiger partial charge in [0, 0.05) is 0 Å². The molecule has 6 nitrogen and oxygen atoms in total. The van der Waals surface area contributed by atoms with E-state index in [1.54, 1.807) is 48.5 Å². The molecule has 0 atom stereocenters. The van der Waals surface area contributed by atoms with Crippen molar-refractivity contribution in [3.8, 4) is 33.4 Å². The summed E-state index contributed by atoms with van der Waals surface area (Å²) in [6, 6.07) is 25.4. The molecule has 6 heteroatoms. The first-order chi connectivity index (χ1) is 15.8. The van der Waals surface area contributed by atoms with E-state index < -0.39 is 17.9 Å². The summed E-state index contributed by atoms with van der Waals surface area (Å²) in [6.45, 7) is 0. The van der Waals surface area contributed by atoms with Gasteiger partial charge in [0.05, 0.1) is 16.7 Å². The molecule has 0 aliphatic rings. The first-order valence-corrected chi connectivity index (χ1v) is 9.98. The molecule has 0 aromatic heterocycles. The van der Waals surface area contributed by atoms with E-state index in [0.717, 1.165) is 16.7 Å². The first kappa shape index (κ1) is 21.5. The van der Waals surface area contributed by atoms with Crippen LogP contribution in [0.2, 0.25) is 0 Å². The van der Waals surface area contributed by atoms with E-state index in [2.05, 4.69) is 0 Å². The van der Waals surface area contributed by atoms with E-state index >= 15 is 0 Å². The van der Waals surface area contributed by atoms with Crippen LogP contribution in [0.15, 0.2) is 91.0 Å². The number of carbonyl (C=O) groups is 3. The minimum absolute atomic E-state index is 0.123. The quantitative estimate of drug-likeness (QED) is 0.352. The summed E-state index contributed by atoms with van der Waals surface area (Å²) in [5, 5.41) is 27.7. The Morgan fingerprint density at radius 3 is 0.939 bits per heavy atom. The van der Waals surface area contributed by atoms with Gasteiger partial charge in [-0.3, -0.25) is 0 Å². The molecule has 0 amide bonds. The molecule has 0 bridgehead atoms. The van der Waals surface area contributed by atoms with Crippen molar-refractivity contribution in [1.82, 2.24) is 0 Å². The van der Waals surface area contributed by atoms with Gasteiger partial charge in [0.2, 0.25) is 0 Å². The lowest BCUT2D eigenvalue weighted by Gasteiger charge is -2.10. The van der Waals surface area contributed by atoms with Crippen molar-refractivity contribution in [2.75, 3.05) is 0 Å². The molecule has 0 aliphatic carbocycles. The van der Waals surface area contributed by atoms with Crippen LogP contribution in [0.4, 0.5) is 0 Å². The predicted octanol–water partition coefficient (Wildman–Crippen LogP) is 5.78. The van der Waals surface area contributed by atoms with Crippen LogP contribution < -0.4 is 0 Å². The number of carboxylic acids is 3. The van der Waals surface area contributed by atoms with Crippen LogP contribution >= 0.6 is 0 Å². The second-order valence-corrected chi connectivity index (χ2v) is 7.45. The molecular formula is C27H18O6. The Bertz CT molecular complexity index is 1350. The van der Waals surface area contributed by atoms with E-state index in [1.807, 2.05) is 30.3 Å². The number of carboxylic acid groups (broad SMARTS) is 3. The molecule has 0 saturated heterocycles. The maximum Gasteiger partial charge on any atom is 0.335 e. The third kappa shape index (κ3) is 4.65. The molecule has 0 aliphatic heterocycles. The van der Waals surface area contributed by atoms with E-state index in [4.69, 9.17) is 10.2 Å². The van der Waals surface area contributed by atoms with Gasteiger partial charge >= 0.3 is 17.9 Å². The lowest BCUT2D eigenvalue weighted by molar-refractivity contribution is 0.0686. The zero-order valence-corrected chi connectivity index (χ0v) is 17.2. The van der Waals surface area contributed by atoms with Crippen LogP contribution in [-0.2, 0) is 0 Å². The number of hydrogen-bond acceptors (Lipinski definition) is 3. The normalized spacial score (nSPS) is 10.5. The Labute approximate surface area is 189 Å². The Morgan fingerprint density at radius 1 is 0.364 bits per heavy atom. The summed E-state index contributed by atoms with van der Waals surface area (Å²) in [7, 11) is 0. The fraction of sp³-hybridized carbons (Fsp3) is 0. The standard InChI is InChI=1S/C27H18O6/c28-25(29)20-9-5-17(6-10-20)16-1-3-18(4-2-16)22-13-23(15-24(14-22)27(32)33)19-7-11-21(12-8-19)26(30)31/h1-15H,(H,28,29)(H,30,31)(H,32,33). The average Bonchev–Trinajstić information content (AvgIpc) is 2.84. The molecule has 0 spiro atoms. The van der Waals surface area contributed by atoms with Crippen molar-refractivity contribution in [3.63, 3.8) is 0 Å². The fourth-order valence-corrected chi connectivity index (χ4v) is 3.55. The van der Waals surface area contributed by atoms with Crippen molar-refractivity contribution >= 4 is 17.9 Å². The summed E-state index contributed by atoms with van der Waals surface area (Å²) < 4.78 is 0. The Morgan fingerprint density at radius 2 is 0.636 bits per heavy atom. The Kier molecular flexibility index (Phi) is 5.74. The monoisotopic (exact) mass is 438 g/mol. The van der Waals surface area contributed by atoms with Gasteiger partial charge in [0.1, 0.15) is 0 Å². The van der Waals surface area contributed by atoms with Crippen molar-refractivity contribution in [1.29, 1.82) is 0 Å². The number of hydrogen-bond donors (Lipinski definition) is 3. The lowest BCUT2D eigenvalue weighted by atomic mass is 9.94. The Hall–Kier alpha value is -4.71. The van der Waals surface area contributed by atoms with Gasteiger partial charge in [-0.2, -0.15) is 0 Å². The van der Waals surface area contributed by atoms with E-state index in [0.29, 0.717) is 16.7 Å². The molecule has 0 heterocycles. The molecule has 0 fully saturated rings. The van der Waals surface area contributed by atoms with Crippen LogP contribution in [-0.4, -0.2) is 33.2 Å². The number of rotatable bonds is 6. The van der Waals surface area contributed by atoms with Gasteiger partial charge in [0.15, 0.2) is 0 Å². The Balaban J connectivity index is 1.70. The van der Waals surface area contributed by atoms with E-state index in [1.165, 1.54) is 12.1 Å². The highest BCUT2D eigenvalue weighted by Gasteiger charge is 2.11. The smallest absolute Gasteiger partial charge is 0.335 e. The third-order valence-electron chi connectivity index (χ3n) is 5.33.